The smallest absolute Gasteiger partial charge is 0.138 e. The van der Waals surface area contributed by atoms with Gasteiger partial charge in [0.05, 0.1) is 6.10 Å². The van der Waals surface area contributed by atoms with Crippen molar-refractivity contribution in [2.24, 2.45) is 5.92 Å². The minimum atomic E-state index is -0.537. The van der Waals surface area contributed by atoms with Gasteiger partial charge in [0, 0.05) is 13.0 Å². The van der Waals surface area contributed by atoms with Crippen molar-refractivity contribution in [1.29, 1.82) is 0 Å². The highest BCUT2D eigenvalue weighted by Gasteiger charge is 2.15. The number of benzene rings is 1. The summed E-state index contributed by atoms with van der Waals surface area (Å²) in [5.41, 5.74) is 3.25. The van der Waals surface area contributed by atoms with Gasteiger partial charge in [0.15, 0.2) is 0 Å². The molecule has 2 aromatic rings. The standard InChI is InChI=1S/C16H23N3O/c1-11(2)9-19-16(17-10-18-19)8-15(20)14-7-12(3)5-6-13(14)4/h5-7,10-11,15,20H,8-9H2,1-4H3. The summed E-state index contributed by atoms with van der Waals surface area (Å²) in [5.74, 6) is 1.35. The second kappa shape index (κ2) is 6.18. The molecule has 1 aromatic carbocycles. The fraction of sp³-hybridized carbons (Fsp3) is 0.500. The molecule has 1 heterocycles. The van der Waals surface area contributed by atoms with Crippen LogP contribution in [0.4, 0.5) is 0 Å². The van der Waals surface area contributed by atoms with Gasteiger partial charge in [0.1, 0.15) is 12.2 Å². The zero-order valence-electron chi connectivity index (χ0n) is 12.7. The molecule has 0 saturated heterocycles. The molecular weight excluding hydrogens is 250 g/mol. The third-order valence-corrected chi connectivity index (χ3v) is 3.40. The minimum Gasteiger partial charge on any atom is -0.388 e. The molecule has 20 heavy (non-hydrogen) atoms. The SMILES string of the molecule is Cc1ccc(C)c(C(O)Cc2ncnn2CC(C)C)c1. The van der Waals surface area contributed by atoms with Gasteiger partial charge in [0.2, 0.25) is 0 Å². The third kappa shape index (κ3) is 3.45. The van der Waals surface area contributed by atoms with Gasteiger partial charge < -0.3 is 5.11 Å². The van der Waals surface area contributed by atoms with E-state index in [4.69, 9.17) is 0 Å². The van der Waals surface area contributed by atoms with E-state index in [1.807, 2.05) is 30.7 Å². The van der Waals surface area contributed by atoms with Crippen molar-refractivity contribution in [3.05, 3.63) is 47.0 Å². The van der Waals surface area contributed by atoms with Gasteiger partial charge in [-0.3, -0.25) is 0 Å². The number of aromatic nitrogens is 3. The second-order valence-electron chi connectivity index (χ2n) is 5.83. The lowest BCUT2D eigenvalue weighted by Crippen LogP contribution is -2.14. The largest absolute Gasteiger partial charge is 0.388 e. The number of rotatable bonds is 5. The lowest BCUT2D eigenvalue weighted by Gasteiger charge is -2.15. The zero-order chi connectivity index (χ0) is 14.7. The van der Waals surface area contributed by atoms with Gasteiger partial charge in [-0.15, -0.1) is 0 Å². The third-order valence-electron chi connectivity index (χ3n) is 3.40. The van der Waals surface area contributed by atoms with E-state index < -0.39 is 6.10 Å². The van der Waals surface area contributed by atoms with Crippen LogP contribution >= 0.6 is 0 Å². The summed E-state index contributed by atoms with van der Waals surface area (Å²) < 4.78 is 1.89. The van der Waals surface area contributed by atoms with Gasteiger partial charge in [-0.25, -0.2) is 9.67 Å². The Hall–Kier alpha value is -1.68. The monoisotopic (exact) mass is 273 g/mol. The van der Waals surface area contributed by atoms with Gasteiger partial charge in [-0.1, -0.05) is 37.6 Å². The van der Waals surface area contributed by atoms with Crippen LogP contribution in [0.2, 0.25) is 0 Å². The fourth-order valence-corrected chi connectivity index (χ4v) is 2.35. The van der Waals surface area contributed by atoms with Crippen LogP contribution in [0.15, 0.2) is 24.5 Å². The van der Waals surface area contributed by atoms with Crippen LogP contribution in [0, 0.1) is 19.8 Å². The Kier molecular flexibility index (Phi) is 4.55. The van der Waals surface area contributed by atoms with E-state index in [2.05, 4.69) is 30.0 Å². The van der Waals surface area contributed by atoms with Crippen LogP contribution in [0.3, 0.4) is 0 Å². The lowest BCUT2D eigenvalue weighted by molar-refractivity contribution is 0.172. The molecule has 0 spiro atoms. The quantitative estimate of drug-likeness (QED) is 0.911. The summed E-state index contributed by atoms with van der Waals surface area (Å²) in [6.07, 6.45) is 1.52. The first-order valence-electron chi connectivity index (χ1n) is 7.09. The summed E-state index contributed by atoms with van der Waals surface area (Å²) >= 11 is 0. The van der Waals surface area contributed by atoms with E-state index >= 15 is 0 Å². The zero-order valence-corrected chi connectivity index (χ0v) is 12.7. The average molecular weight is 273 g/mol. The highest BCUT2D eigenvalue weighted by Crippen LogP contribution is 2.22. The highest BCUT2D eigenvalue weighted by molar-refractivity contribution is 5.32. The Bertz CT molecular complexity index is 575. The number of aliphatic hydroxyl groups excluding tert-OH is 1. The van der Waals surface area contributed by atoms with Crippen molar-refractivity contribution in [3.63, 3.8) is 0 Å². The maximum atomic E-state index is 10.5. The topological polar surface area (TPSA) is 50.9 Å². The van der Waals surface area contributed by atoms with Crippen LogP contribution in [-0.2, 0) is 13.0 Å². The maximum Gasteiger partial charge on any atom is 0.138 e. The molecule has 4 heteroatoms. The molecule has 0 aliphatic rings. The van der Waals surface area contributed by atoms with E-state index in [-0.39, 0.29) is 0 Å². The van der Waals surface area contributed by atoms with Crippen molar-refractivity contribution >= 4 is 0 Å². The molecule has 0 fully saturated rings. The predicted molar refractivity (Wildman–Crippen MR) is 79.4 cm³/mol. The van der Waals surface area contributed by atoms with Crippen molar-refractivity contribution in [1.82, 2.24) is 14.8 Å². The van der Waals surface area contributed by atoms with Crippen molar-refractivity contribution in [3.8, 4) is 0 Å². The van der Waals surface area contributed by atoms with Gasteiger partial charge in [-0.2, -0.15) is 5.10 Å². The normalized spacial score (nSPS) is 12.9. The molecule has 1 N–H and O–H groups in total. The first-order chi connectivity index (χ1) is 9.47. The minimum absolute atomic E-state index is 0.497. The Morgan fingerprint density at radius 1 is 1.25 bits per heavy atom. The Morgan fingerprint density at radius 2 is 2.00 bits per heavy atom. The molecular formula is C16H23N3O. The Labute approximate surface area is 120 Å². The predicted octanol–water partition coefficient (Wildman–Crippen LogP) is 2.83. The summed E-state index contributed by atoms with van der Waals surface area (Å²) in [6.45, 7) is 9.18. The van der Waals surface area contributed by atoms with E-state index in [0.29, 0.717) is 12.3 Å². The molecule has 1 aromatic heterocycles. The molecule has 0 amide bonds. The van der Waals surface area contributed by atoms with Crippen molar-refractivity contribution in [2.45, 2.75) is 46.8 Å². The fourth-order valence-electron chi connectivity index (χ4n) is 2.35. The molecule has 0 saturated carbocycles. The first kappa shape index (κ1) is 14.7. The summed E-state index contributed by atoms with van der Waals surface area (Å²) in [7, 11) is 0. The molecule has 1 atom stereocenters. The Balaban J connectivity index is 2.17. The number of hydrogen-bond acceptors (Lipinski definition) is 3. The summed E-state index contributed by atoms with van der Waals surface area (Å²) in [6, 6.07) is 6.16. The highest BCUT2D eigenvalue weighted by atomic mass is 16.3. The summed E-state index contributed by atoms with van der Waals surface area (Å²) in [4.78, 5) is 4.28. The molecule has 108 valence electrons. The number of aliphatic hydroxyl groups is 1. The van der Waals surface area contributed by atoms with E-state index in [1.54, 1.807) is 6.33 Å². The van der Waals surface area contributed by atoms with E-state index in [1.165, 1.54) is 0 Å². The Morgan fingerprint density at radius 3 is 2.70 bits per heavy atom. The number of hydrogen-bond donors (Lipinski definition) is 1. The van der Waals surface area contributed by atoms with Crippen LogP contribution in [-0.4, -0.2) is 19.9 Å². The van der Waals surface area contributed by atoms with Crippen LogP contribution in [0.25, 0.3) is 0 Å². The van der Waals surface area contributed by atoms with Crippen molar-refractivity contribution in [2.75, 3.05) is 0 Å². The molecule has 4 nitrogen and oxygen atoms in total. The van der Waals surface area contributed by atoms with E-state index in [9.17, 15) is 5.11 Å². The van der Waals surface area contributed by atoms with Crippen LogP contribution in [0.5, 0.6) is 0 Å². The molecule has 2 rings (SSSR count). The van der Waals surface area contributed by atoms with Crippen molar-refractivity contribution < 1.29 is 5.11 Å². The number of aryl methyl sites for hydroxylation is 2. The van der Waals surface area contributed by atoms with Crippen LogP contribution < -0.4 is 0 Å². The maximum absolute atomic E-state index is 10.5. The van der Waals surface area contributed by atoms with Gasteiger partial charge in [0.25, 0.3) is 0 Å². The molecule has 0 aliphatic heterocycles. The second-order valence-corrected chi connectivity index (χ2v) is 5.83. The molecule has 0 radical (unpaired) electrons. The van der Waals surface area contributed by atoms with Gasteiger partial charge in [-0.05, 0) is 30.9 Å². The molecule has 0 bridgehead atoms. The van der Waals surface area contributed by atoms with Crippen LogP contribution in [0.1, 0.15) is 42.5 Å². The molecule has 1 unspecified atom stereocenters. The average Bonchev–Trinajstić information content (AvgIpc) is 2.78. The summed E-state index contributed by atoms with van der Waals surface area (Å²) in [5, 5.41) is 14.7. The first-order valence-corrected chi connectivity index (χ1v) is 7.09. The molecule has 0 aliphatic carbocycles. The van der Waals surface area contributed by atoms with E-state index in [0.717, 1.165) is 29.1 Å². The lowest BCUT2D eigenvalue weighted by atomic mass is 9.98. The van der Waals surface area contributed by atoms with Gasteiger partial charge >= 0.3 is 0 Å². The number of nitrogens with zero attached hydrogens (tertiary/aromatic N) is 3.